The molecule has 2 heterocycles. The number of rotatable bonds is 3. The Balaban J connectivity index is 1.43. The van der Waals surface area contributed by atoms with Crippen molar-refractivity contribution in [3.05, 3.63) is 35.4 Å². The van der Waals surface area contributed by atoms with Crippen LogP contribution in [0.4, 0.5) is 0 Å². The van der Waals surface area contributed by atoms with Crippen molar-refractivity contribution < 1.29 is 4.79 Å². The summed E-state index contributed by atoms with van der Waals surface area (Å²) in [6.45, 7) is 2.44. The van der Waals surface area contributed by atoms with Crippen LogP contribution in [0, 0.1) is 0 Å². The Labute approximate surface area is 148 Å². The fourth-order valence-corrected chi connectivity index (χ4v) is 5.19. The number of nitrogens with zero attached hydrogens (tertiary/aromatic N) is 2. The van der Waals surface area contributed by atoms with E-state index in [0.29, 0.717) is 16.9 Å². The van der Waals surface area contributed by atoms with E-state index in [4.69, 9.17) is 4.99 Å². The van der Waals surface area contributed by atoms with Gasteiger partial charge in [0.1, 0.15) is 0 Å². The van der Waals surface area contributed by atoms with Crippen LogP contribution in [0.25, 0.3) is 0 Å². The summed E-state index contributed by atoms with van der Waals surface area (Å²) in [6, 6.07) is 9.17. The molecule has 128 valence electrons. The third-order valence-corrected chi connectivity index (χ3v) is 7.02. The highest BCUT2D eigenvalue weighted by atomic mass is 32.2. The standard InChI is InChI=1S/C19H25N3OS/c1-20-18(23)13-5-7-14(8-6-13)19-21-16-9-11-22(15-3-2-4-15)12-10-17(16)24-19/h5-8,15-17H,2-4,9-12H2,1H3,(H,20,23). The Morgan fingerprint density at radius 2 is 1.92 bits per heavy atom. The summed E-state index contributed by atoms with van der Waals surface area (Å²) in [5.74, 6) is -0.0381. The van der Waals surface area contributed by atoms with Crippen molar-refractivity contribution in [1.29, 1.82) is 0 Å². The third-order valence-electron chi connectivity index (χ3n) is 5.60. The largest absolute Gasteiger partial charge is 0.355 e. The highest BCUT2D eigenvalue weighted by Gasteiger charge is 2.35. The van der Waals surface area contributed by atoms with E-state index in [-0.39, 0.29) is 5.91 Å². The van der Waals surface area contributed by atoms with Crippen molar-refractivity contribution in [3.8, 4) is 0 Å². The molecule has 0 radical (unpaired) electrons. The molecule has 5 heteroatoms. The van der Waals surface area contributed by atoms with Gasteiger partial charge in [-0.25, -0.2) is 0 Å². The zero-order chi connectivity index (χ0) is 16.5. The molecular weight excluding hydrogens is 318 g/mol. The SMILES string of the molecule is CNC(=O)c1ccc(C2=NC3CCN(C4CCC4)CCC3S2)cc1. The van der Waals surface area contributed by atoms with Gasteiger partial charge in [-0.2, -0.15) is 0 Å². The van der Waals surface area contributed by atoms with Gasteiger partial charge in [-0.1, -0.05) is 18.6 Å². The molecule has 0 bridgehead atoms. The maximum Gasteiger partial charge on any atom is 0.251 e. The lowest BCUT2D eigenvalue weighted by molar-refractivity contribution is 0.0963. The Bertz CT molecular complexity index is 639. The van der Waals surface area contributed by atoms with Crippen LogP contribution in [0.5, 0.6) is 0 Å². The van der Waals surface area contributed by atoms with Gasteiger partial charge in [0.25, 0.3) is 5.91 Å². The number of carbonyl (C=O) groups excluding carboxylic acids is 1. The molecule has 2 unspecified atom stereocenters. The Kier molecular flexibility index (Phi) is 4.63. The molecule has 2 aliphatic heterocycles. The number of hydrogen-bond donors (Lipinski definition) is 1. The number of fused-ring (bicyclic) bond motifs is 1. The van der Waals surface area contributed by atoms with Gasteiger partial charge in [0, 0.05) is 36.0 Å². The number of aliphatic imine (C=N–C) groups is 1. The minimum atomic E-state index is -0.0381. The molecule has 1 aromatic rings. The second-order valence-electron chi connectivity index (χ2n) is 7.01. The number of nitrogens with one attached hydrogen (secondary N) is 1. The van der Waals surface area contributed by atoms with E-state index < -0.39 is 0 Å². The van der Waals surface area contributed by atoms with Crippen molar-refractivity contribution in [2.45, 2.75) is 49.4 Å². The minimum absolute atomic E-state index is 0.0381. The highest BCUT2D eigenvalue weighted by molar-refractivity contribution is 8.15. The molecule has 1 saturated carbocycles. The third kappa shape index (κ3) is 3.11. The monoisotopic (exact) mass is 343 g/mol. The zero-order valence-electron chi connectivity index (χ0n) is 14.2. The molecule has 1 N–H and O–H groups in total. The highest BCUT2D eigenvalue weighted by Crippen LogP contribution is 2.37. The van der Waals surface area contributed by atoms with E-state index in [1.54, 1.807) is 7.05 Å². The first-order valence-corrected chi connectivity index (χ1v) is 9.93. The maximum absolute atomic E-state index is 11.7. The molecule has 1 saturated heterocycles. The van der Waals surface area contributed by atoms with Gasteiger partial charge in [0.05, 0.1) is 11.1 Å². The minimum Gasteiger partial charge on any atom is -0.355 e. The number of likely N-dealkylation sites (tertiary alicyclic amines) is 1. The molecule has 4 rings (SSSR count). The van der Waals surface area contributed by atoms with Crippen LogP contribution in [-0.4, -0.2) is 53.3 Å². The fraction of sp³-hybridized carbons (Fsp3) is 0.579. The summed E-state index contributed by atoms with van der Waals surface area (Å²) in [6.07, 6.45) is 6.64. The topological polar surface area (TPSA) is 44.7 Å². The van der Waals surface area contributed by atoms with Gasteiger partial charge in [-0.15, -0.1) is 11.8 Å². The molecule has 2 atom stereocenters. The molecule has 1 amide bonds. The van der Waals surface area contributed by atoms with Gasteiger partial charge in [-0.05, 0) is 44.4 Å². The van der Waals surface area contributed by atoms with Crippen molar-refractivity contribution in [1.82, 2.24) is 10.2 Å². The van der Waals surface area contributed by atoms with E-state index >= 15 is 0 Å². The lowest BCUT2D eigenvalue weighted by atomic mass is 9.91. The zero-order valence-corrected chi connectivity index (χ0v) is 15.0. The molecule has 1 aromatic carbocycles. The van der Waals surface area contributed by atoms with Gasteiger partial charge < -0.3 is 10.2 Å². The van der Waals surface area contributed by atoms with E-state index in [1.165, 1.54) is 45.2 Å². The van der Waals surface area contributed by atoms with Gasteiger partial charge >= 0.3 is 0 Å². The van der Waals surface area contributed by atoms with Crippen molar-refractivity contribution >= 4 is 22.7 Å². The molecule has 0 spiro atoms. The molecular formula is C19H25N3OS. The smallest absolute Gasteiger partial charge is 0.251 e. The Morgan fingerprint density at radius 1 is 1.17 bits per heavy atom. The van der Waals surface area contributed by atoms with Crippen LogP contribution in [0.3, 0.4) is 0 Å². The Hall–Kier alpha value is -1.33. The molecule has 4 nitrogen and oxygen atoms in total. The van der Waals surface area contributed by atoms with Crippen molar-refractivity contribution in [2.24, 2.45) is 4.99 Å². The van der Waals surface area contributed by atoms with Gasteiger partial charge in [0.15, 0.2) is 0 Å². The molecule has 24 heavy (non-hydrogen) atoms. The summed E-state index contributed by atoms with van der Waals surface area (Å²) >= 11 is 1.94. The molecule has 2 fully saturated rings. The summed E-state index contributed by atoms with van der Waals surface area (Å²) in [4.78, 5) is 19.4. The Morgan fingerprint density at radius 3 is 2.58 bits per heavy atom. The average Bonchev–Trinajstić information content (AvgIpc) is 2.89. The van der Waals surface area contributed by atoms with Gasteiger partial charge in [0.2, 0.25) is 0 Å². The van der Waals surface area contributed by atoms with Crippen LogP contribution < -0.4 is 5.32 Å². The van der Waals surface area contributed by atoms with E-state index in [0.717, 1.165) is 16.6 Å². The predicted molar refractivity (Wildman–Crippen MR) is 100.0 cm³/mol. The lowest BCUT2D eigenvalue weighted by Crippen LogP contribution is -2.40. The number of carbonyl (C=O) groups is 1. The number of benzene rings is 1. The van der Waals surface area contributed by atoms with E-state index in [2.05, 4.69) is 10.2 Å². The van der Waals surface area contributed by atoms with Crippen molar-refractivity contribution in [3.63, 3.8) is 0 Å². The number of hydrogen-bond acceptors (Lipinski definition) is 4. The summed E-state index contributed by atoms with van der Waals surface area (Å²) in [7, 11) is 1.66. The van der Waals surface area contributed by atoms with E-state index in [9.17, 15) is 4.79 Å². The molecule has 3 aliphatic rings. The van der Waals surface area contributed by atoms with Crippen LogP contribution in [0.15, 0.2) is 29.3 Å². The maximum atomic E-state index is 11.7. The summed E-state index contributed by atoms with van der Waals surface area (Å²) < 4.78 is 0. The van der Waals surface area contributed by atoms with Crippen LogP contribution in [-0.2, 0) is 0 Å². The van der Waals surface area contributed by atoms with E-state index in [1.807, 2.05) is 36.0 Å². The predicted octanol–water partition coefficient (Wildman–Crippen LogP) is 2.93. The molecule has 1 aliphatic carbocycles. The first kappa shape index (κ1) is 16.2. The quantitative estimate of drug-likeness (QED) is 0.918. The normalized spacial score (nSPS) is 27.8. The lowest BCUT2D eigenvalue weighted by Gasteiger charge is -2.36. The summed E-state index contributed by atoms with van der Waals surface area (Å²) in [5, 5.41) is 4.45. The van der Waals surface area contributed by atoms with Crippen molar-refractivity contribution in [2.75, 3.05) is 20.1 Å². The second-order valence-corrected chi connectivity index (χ2v) is 8.24. The number of amides is 1. The molecule has 0 aromatic heterocycles. The first-order valence-electron chi connectivity index (χ1n) is 9.05. The average molecular weight is 343 g/mol. The van der Waals surface area contributed by atoms with Crippen LogP contribution in [0.2, 0.25) is 0 Å². The van der Waals surface area contributed by atoms with Crippen LogP contribution in [0.1, 0.15) is 48.0 Å². The van der Waals surface area contributed by atoms with Crippen LogP contribution >= 0.6 is 11.8 Å². The fourth-order valence-electron chi connectivity index (χ4n) is 3.86. The summed E-state index contributed by atoms with van der Waals surface area (Å²) in [5.41, 5.74) is 1.85. The first-order chi connectivity index (χ1) is 11.7. The second kappa shape index (κ2) is 6.89. The number of thioether (sulfide) groups is 1. The van der Waals surface area contributed by atoms with Gasteiger partial charge in [-0.3, -0.25) is 9.79 Å².